The van der Waals surface area contributed by atoms with Gasteiger partial charge in [0.25, 0.3) is 0 Å². The van der Waals surface area contributed by atoms with E-state index in [0.717, 1.165) is 25.7 Å². The second-order valence-electron chi connectivity index (χ2n) is 9.99. The molecule has 0 aromatic rings. The largest absolute Gasteiger partial charge is 0.103 e. The van der Waals surface area contributed by atoms with E-state index < -0.39 is 0 Å². The smallest absolute Gasteiger partial charge is 0.0160 e. The summed E-state index contributed by atoms with van der Waals surface area (Å²) in [5, 5.41) is 0. The Morgan fingerprint density at radius 1 is 0.469 bits per heavy atom. The molecule has 0 aromatic heterocycles. The summed E-state index contributed by atoms with van der Waals surface area (Å²) in [4.78, 5) is 0. The highest BCUT2D eigenvalue weighted by molar-refractivity contribution is 5.13. The lowest BCUT2D eigenvalue weighted by molar-refractivity contribution is 0.302. The minimum Gasteiger partial charge on any atom is -0.103 e. The Hall–Kier alpha value is -2.08. The summed E-state index contributed by atoms with van der Waals surface area (Å²) < 4.78 is 0. The molecular weight excluding hydrogens is 384 g/mol. The van der Waals surface area contributed by atoms with E-state index in [1.807, 2.05) is 24.3 Å². The Bertz CT molecular complexity index is 544. The van der Waals surface area contributed by atoms with Gasteiger partial charge in [-0.25, -0.2) is 0 Å². The van der Waals surface area contributed by atoms with Crippen molar-refractivity contribution < 1.29 is 0 Å². The highest BCUT2D eigenvalue weighted by atomic mass is 14.4. The van der Waals surface area contributed by atoms with Gasteiger partial charge in [-0.2, -0.15) is 0 Å². The van der Waals surface area contributed by atoms with Gasteiger partial charge in [-0.1, -0.05) is 80.3 Å². The Morgan fingerprint density at radius 2 is 0.656 bits per heavy atom. The zero-order valence-electron chi connectivity index (χ0n) is 19.7. The maximum absolute atomic E-state index is 3.79. The fourth-order valence-corrected chi connectivity index (χ4v) is 5.39. The summed E-state index contributed by atoms with van der Waals surface area (Å²) in [6.07, 6.45) is 41.0. The van der Waals surface area contributed by atoms with Crippen molar-refractivity contribution in [3.05, 3.63) is 99.2 Å². The highest BCUT2D eigenvalue weighted by Gasteiger charge is 2.31. The summed E-state index contributed by atoms with van der Waals surface area (Å²) in [6, 6.07) is 0. The van der Waals surface area contributed by atoms with E-state index in [0.29, 0.717) is 10.8 Å². The quantitative estimate of drug-likeness (QED) is 0.335. The molecule has 0 saturated heterocycles. The molecule has 0 aliphatic heterocycles. The van der Waals surface area contributed by atoms with Crippen LogP contribution in [0.3, 0.4) is 0 Å². The third-order valence-electron chi connectivity index (χ3n) is 7.38. The summed E-state index contributed by atoms with van der Waals surface area (Å²) in [5.74, 6) is 0. The van der Waals surface area contributed by atoms with Gasteiger partial charge in [0.2, 0.25) is 0 Å². The predicted octanol–water partition coefficient (Wildman–Crippen LogP) is 10.3. The summed E-state index contributed by atoms with van der Waals surface area (Å²) in [5.41, 5.74) is 1.56. The van der Waals surface area contributed by atoms with Crippen LogP contribution >= 0.6 is 0 Å². The zero-order chi connectivity index (χ0) is 22.5. The van der Waals surface area contributed by atoms with Gasteiger partial charge in [0.1, 0.15) is 0 Å². The lowest BCUT2D eigenvalue weighted by Crippen LogP contribution is -2.17. The molecule has 0 N–H and O–H groups in total. The van der Waals surface area contributed by atoms with Crippen LogP contribution in [0.15, 0.2) is 99.2 Å². The van der Waals surface area contributed by atoms with Gasteiger partial charge < -0.3 is 0 Å². The molecule has 4 aliphatic rings. The third kappa shape index (κ3) is 8.12. The number of allylic oxidation sites excluding steroid dienone is 12. The second-order valence-corrected chi connectivity index (χ2v) is 9.99. The molecule has 0 aromatic carbocycles. The van der Waals surface area contributed by atoms with Gasteiger partial charge in [0, 0.05) is 0 Å². The first-order valence-electron chi connectivity index (χ1n) is 12.1. The number of hydrogen-bond acceptors (Lipinski definition) is 0. The van der Waals surface area contributed by atoms with Gasteiger partial charge in [-0.05, 0) is 93.3 Å². The van der Waals surface area contributed by atoms with E-state index in [2.05, 4.69) is 74.9 Å². The van der Waals surface area contributed by atoms with Crippen LogP contribution < -0.4 is 0 Å². The van der Waals surface area contributed by atoms with Crippen LogP contribution in [0, 0.1) is 16.2 Å². The molecule has 0 fully saturated rings. The van der Waals surface area contributed by atoms with Crippen molar-refractivity contribution in [3.8, 4) is 0 Å². The summed E-state index contributed by atoms with van der Waals surface area (Å²) in [6.45, 7) is 15.2. The predicted molar refractivity (Wildman–Crippen MR) is 147 cm³/mol. The average Bonchev–Trinajstić information content (AvgIpc) is 3.58. The maximum Gasteiger partial charge on any atom is -0.0160 e. The molecule has 0 radical (unpaired) electrons. The van der Waals surface area contributed by atoms with E-state index in [1.165, 1.54) is 51.4 Å². The molecule has 2 spiro atoms. The van der Waals surface area contributed by atoms with Gasteiger partial charge in [-0.3, -0.25) is 0 Å². The summed E-state index contributed by atoms with van der Waals surface area (Å²) in [7, 11) is 0. The van der Waals surface area contributed by atoms with Crippen LogP contribution in [0.4, 0.5) is 0 Å². The van der Waals surface area contributed by atoms with Crippen molar-refractivity contribution in [2.24, 2.45) is 16.2 Å². The van der Waals surface area contributed by atoms with Crippen molar-refractivity contribution in [1.29, 1.82) is 0 Å². The summed E-state index contributed by atoms with van der Waals surface area (Å²) >= 11 is 0. The first kappa shape index (κ1) is 28.0. The van der Waals surface area contributed by atoms with Crippen molar-refractivity contribution >= 4 is 0 Å². The van der Waals surface area contributed by atoms with Crippen LogP contribution in [-0.4, -0.2) is 0 Å². The molecule has 0 saturated carbocycles. The van der Waals surface area contributed by atoms with Gasteiger partial charge in [0.15, 0.2) is 0 Å². The SMILES string of the molecule is C.C1=CCC2(C1)CC=CC2.C1=CCC2(C1)CC=CC2.C=CCC(CC=C)(CC=C)CC=C. The Labute approximate surface area is 200 Å². The molecule has 0 amide bonds. The molecule has 0 unspecified atom stereocenters. The fourth-order valence-electron chi connectivity index (χ4n) is 5.39. The molecule has 0 nitrogen and oxygen atoms in total. The van der Waals surface area contributed by atoms with Crippen LogP contribution in [-0.2, 0) is 0 Å². The first-order chi connectivity index (χ1) is 15.1. The molecule has 4 aliphatic carbocycles. The van der Waals surface area contributed by atoms with Crippen LogP contribution in [0.5, 0.6) is 0 Å². The molecule has 0 bridgehead atoms. The Balaban J connectivity index is 0.000000240. The minimum atomic E-state index is 0. The van der Waals surface area contributed by atoms with Crippen LogP contribution in [0.1, 0.15) is 84.5 Å². The molecule has 0 heteroatoms. The molecule has 176 valence electrons. The molecule has 32 heavy (non-hydrogen) atoms. The van der Waals surface area contributed by atoms with Crippen molar-refractivity contribution in [3.63, 3.8) is 0 Å². The van der Waals surface area contributed by atoms with Crippen LogP contribution in [0.2, 0.25) is 0 Å². The van der Waals surface area contributed by atoms with E-state index in [9.17, 15) is 0 Å². The van der Waals surface area contributed by atoms with E-state index >= 15 is 0 Å². The molecular formula is C32H48. The van der Waals surface area contributed by atoms with Crippen molar-refractivity contribution in [2.45, 2.75) is 84.5 Å². The lowest BCUT2D eigenvalue weighted by atomic mass is 9.75. The number of hydrogen-bond donors (Lipinski definition) is 0. The van der Waals surface area contributed by atoms with Crippen molar-refractivity contribution in [1.82, 2.24) is 0 Å². The van der Waals surface area contributed by atoms with Gasteiger partial charge in [0.05, 0.1) is 0 Å². The monoisotopic (exact) mass is 432 g/mol. The lowest BCUT2D eigenvalue weighted by Gasteiger charge is -2.29. The number of rotatable bonds is 8. The molecule has 0 heterocycles. The van der Waals surface area contributed by atoms with E-state index in [-0.39, 0.29) is 12.8 Å². The molecule has 0 atom stereocenters. The Morgan fingerprint density at radius 3 is 0.812 bits per heavy atom. The van der Waals surface area contributed by atoms with E-state index in [1.54, 1.807) is 0 Å². The average molecular weight is 433 g/mol. The van der Waals surface area contributed by atoms with E-state index in [4.69, 9.17) is 0 Å². The van der Waals surface area contributed by atoms with Gasteiger partial charge in [-0.15, -0.1) is 26.3 Å². The Kier molecular flexibility index (Phi) is 12.4. The normalized spacial score (nSPS) is 20.2. The minimum absolute atomic E-state index is 0. The standard InChI is InChI=1S/C13H20.2C9H12.CH4/c1-5-9-13(10-6-2,11-7-3)12-8-4;2*1-2-6-9(5-1)7-3-4-8-9;/h5-8H,1-4,9-12H2;2*1-4H,5-8H2;1H4. The fraction of sp³-hybridized carbons (Fsp3) is 0.500. The van der Waals surface area contributed by atoms with Crippen LogP contribution in [0.25, 0.3) is 0 Å². The second kappa shape index (κ2) is 14.1. The zero-order valence-corrected chi connectivity index (χ0v) is 19.7. The first-order valence-corrected chi connectivity index (χ1v) is 12.1. The highest BCUT2D eigenvalue weighted by Crippen LogP contribution is 2.44. The topological polar surface area (TPSA) is 0 Å². The van der Waals surface area contributed by atoms with Gasteiger partial charge >= 0.3 is 0 Å². The van der Waals surface area contributed by atoms with Crippen molar-refractivity contribution in [2.75, 3.05) is 0 Å². The maximum atomic E-state index is 3.79. The third-order valence-corrected chi connectivity index (χ3v) is 7.38. The molecule has 4 rings (SSSR count).